The highest BCUT2D eigenvalue weighted by Crippen LogP contribution is 2.28. The van der Waals surface area contributed by atoms with Gasteiger partial charge in [-0.1, -0.05) is 11.6 Å². The van der Waals surface area contributed by atoms with Gasteiger partial charge in [0.1, 0.15) is 5.69 Å². The van der Waals surface area contributed by atoms with Crippen molar-refractivity contribution in [1.82, 2.24) is 5.32 Å². The van der Waals surface area contributed by atoms with Crippen LogP contribution >= 0.6 is 11.6 Å². The second-order valence-corrected chi connectivity index (χ2v) is 5.64. The number of nitro groups is 1. The van der Waals surface area contributed by atoms with Gasteiger partial charge in [0.15, 0.2) is 0 Å². The van der Waals surface area contributed by atoms with E-state index in [4.69, 9.17) is 11.6 Å². The second-order valence-electron chi connectivity index (χ2n) is 5.20. The number of hydrogen-bond acceptors (Lipinski definition) is 4. The Morgan fingerprint density at radius 3 is 2.81 bits per heavy atom. The molecule has 1 fully saturated rings. The molecule has 0 atom stereocenters. The summed E-state index contributed by atoms with van der Waals surface area (Å²) in [6.45, 7) is 1.99. The topological polar surface area (TPSA) is 84.3 Å². The van der Waals surface area contributed by atoms with E-state index in [1.165, 1.54) is 18.2 Å². The summed E-state index contributed by atoms with van der Waals surface area (Å²) in [6.07, 6.45) is 3.35. The summed E-state index contributed by atoms with van der Waals surface area (Å²) in [5.41, 5.74) is 0.0115. The van der Waals surface area contributed by atoms with Gasteiger partial charge >= 0.3 is 0 Å². The normalized spacial score (nSPS) is 15.7. The first kappa shape index (κ1) is 15.7. The van der Waals surface area contributed by atoms with Crippen LogP contribution in [0, 0.1) is 16.0 Å². The summed E-state index contributed by atoms with van der Waals surface area (Å²) < 4.78 is 0. The Hall–Kier alpha value is -1.66. The van der Waals surface area contributed by atoms with Gasteiger partial charge in [-0.25, -0.2) is 0 Å². The van der Waals surface area contributed by atoms with E-state index in [-0.39, 0.29) is 22.3 Å². The average molecular weight is 312 g/mol. The molecule has 7 heteroatoms. The number of carbonyl (C=O) groups excluding carboxylic acids is 1. The zero-order valence-electron chi connectivity index (χ0n) is 11.6. The van der Waals surface area contributed by atoms with E-state index >= 15 is 0 Å². The Labute approximate surface area is 128 Å². The van der Waals surface area contributed by atoms with Crippen molar-refractivity contribution in [3.8, 4) is 0 Å². The van der Waals surface area contributed by atoms with Gasteiger partial charge < -0.3 is 10.6 Å². The van der Waals surface area contributed by atoms with Crippen LogP contribution in [0.2, 0.25) is 5.02 Å². The molecular formula is C14H18ClN3O3. The molecular weight excluding hydrogens is 294 g/mol. The number of nitrogens with zero attached hydrogens (tertiary/aromatic N) is 1. The van der Waals surface area contributed by atoms with Gasteiger partial charge in [0.25, 0.3) is 5.69 Å². The Kier molecular flexibility index (Phi) is 5.52. The Morgan fingerprint density at radius 2 is 2.14 bits per heavy atom. The van der Waals surface area contributed by atoms with E-state index in [0.717, 1.165) is 32.4 Å². The summed E-state index contributed by atoms with van der Waals surface area (Å²) in [7, 11) is 0. The van der Waals surface area contributed by atoms with Gasteiger partial charge in [-0.05, 0) is 50.4 Å². The lowest BCUT2D eigenvalue weighted by atomic mass is 9.93. The fourth-order valence-corrected chi connectivity index (χ4v) is 2.65. The van der Waals surface area contributed by atoms with Crippen LogP contribution in [0.3, 0.4) is 0 Å². The molecule has 6 nitrogen and oxygen atoms in total. The molecule has 2 rings (SSSR count). The molecule has 0 bridgehead atoms. The Balaban J connectivity index is 1.91. The van der Waals surface area contributed by atoms with Crippen LogP contribution in [-0.2, 0) is 4.79 Å². The number of amides is 1. The molecule has 1 saturated heterocycles. The number of hydrogen-bond donors (Lipinski definition) is 2. The Morgan fingerprint density at radius 1 is 1.43 bits per heavy atom. The first-order valence-electron chi connectivity index (χ1n) is 7.01. The first-order valence-corrected chi connectivity index (χ1v) is 7.38. The largest absolute Gasteiger partial charge is 0.320 e. The lowest BCUT2D eigenvalue weighted by molar-refractivity contribution is -0.383. The monoisotopic (exact) mass is 311 g/mol. The van der Waals surface area contributed by atoms with Crippen molar-refractivity contribution in [2.24, 2.45) is 5.92 Å². The highest BCUT2D eigenvalue weighted by molar-refractivity contribution is 6.31. The molecule has 1 aliphatic rings. The van der Waals surface area contributed by atoms with E-state index in [0.29, 0.717) is 12.3 Å². The smallest absolute Gasteiger partial charge is 0.294 e. The van der Waals surface area contributed by atoms with Gasteiger partial charge in [0.05, 0.1) is 4.92 Å². The van der Waals surface area contributed by atoms with Crippen molar-refractivity contribution in [3.63, 3.8) is 0 Å². The maximum atomic E-state index is 11.9. The number of nitrogens with one attached hydrogen (secondary N) is 2. The standard InChI is InChI=1S/C14H18ClN3O3/c15-11-2-3-12(13(9-11)18(20)21)17-14(19)4-1-10-5-7-16-8-6-10/h2-3,9-10,16H,1,4-8H2,(H,17,19). The highest BCUT2D eigenvalue weighted by Gasteiger charge is 2.18. The van der Waals surface area contributed by atoms with Gasteiger partial charge in [-0.15, -0.1) is 0 Å². The van der Waals surface area contributed by atoms with Crippen molar-refractivity contribution >= 4 is 28.9 Å². The van der Waals surface area contributed by atoms with Gasteiger partial charge in [0, 0.05) is 17.5 Å². The van der Waals surface area contributed by atoms with Crippen molar-refractivity contribution in [1.29, 1.82) is 0 Å². The summed E-state index contributed by atoms with van der Waals surface area (Å²) in [5, 5.41) is 17.1. The lowest BCUT2D eigenvalue weighted by Crippen LogP contribution is -2.28. The molecule has 0 aromatic heterocycles. The Bertz CT molecular complexity index is 530. The number of halogens is 1. The lowest BCUT2D eigenvalue weighted by Gasteiger charge is -2.22. The van der Waals surface area contributed by atoms with Crippen LogP contribution in [0.25, 0.3) is 0 Å². The second kappa shape index (κ2) is 7.38. The van der Waals surface area contributed by atoms with Crippen molar-refractivity contribution in [3.05, 3.63) is 33.3 Å². The average Bonchev–Trinajstić information content (AvgIpc) is 2.48. The molecule has 0 saturated carbocycles. The highest BCUT2D eigenvalue weighted by atomic mass is 35.5. The van der Waals surface area contributed by atoms with Crippen molar-refractivity contribution < 1.29 is 9.72 Å². The predicted octanol–water partition coefficient (Wildman–Crippen LogP) is 2.97. The number of piperidine rings is 1. The molecule has 0 unspecified atom stereocenters. The molecule has 0 aliphatic carbocycles. The summed E-state index contributed by atoms with van der Waals surface area (Å²) in [4.78, 5) is 22.3. The third-order valence-corrected chi connectivity index (χ3v) is 3.90. The van der Waals surface area contributed by atoms with E-state index in [1.54, 1.807) is 0 Å². The molecule has 0 radical (unpaired) electrons. The molecule has 1 aromatic carbocycles. The van der Waals surface area contributed by atoms with Gasteiger partial charge in [-0.3, -0.25) is 14.9 Å². The van der Waals surface area contributed by atoms with Crippen LogP contribution in [0.15, 0.2) is 18.2 Å². The molecule has 0 spiro atoms. The summed E-state index contributed by atoms with van der Waals surface area (Å²) >= 11 is 5.74. The fourth-order valence-electron chi connectivity index (χ4n) is 2.48. The van der Waals surface area contributed by atoms with Crippen LogP contribution in [0.5, 0.6) is 0 Å². The van der Waals surface area contributed by atoms with E-state index < -0.39 is 4.92 Å². The minimum atomic E-state index is -0.547. The third-order valence-electron chi connectivity index (χ3n) is 3.67. The van der Waals surface area contributed by atoms with E-state index in [2.05, 4.69) is 10.6 Å². The number of carbonyl (C=O) groups is 1. The zero-order valence-corrected chi connectivity index (χ0v) is 12.4. The first-order chi connectivity index (χ1) is 10.1. The molecule has 21 heavy (non-hydrogen) atoms. The predicted molar refractivity (Wildman–Crippen MR) is 81.6 cm³/mol. The minimum Gasteiger partial charge on any atom is -0.320 e. The number of rotatable bonds is 5. The van der Waals surface area contributed by atoms with Crippen molar-refractivity contribution in [2.45, 2.75) is 25.7 Å². The number of nitro benzene ring substituents is 1. The SMILES string of the molecule is O=C(CCC1CCNCC1)Nc1ccc(Cl)cc1[N+](=O)[O-]. The molecule has 1 amide bonds. The maximum Gasteiger partial charge on any atom is 0.294 e. The van der Waals surface area contributed by atoms with Crippen LogP contribution in [0.4, 0.5) is 11.4 Å². The maximum absolute atomic E-state index is 11.9. The summed E-state index contributed by atoms with van der Waals surface area (Å²) in [6, 6.07) is 4.23. The zero-order chi connectivity index (χ0) is 15.2. The molecule has 1 heterocycles. The molecule has 1 aliphatic heterocycles. The minimum absolute atomic E-state index is 0.183. The van der Waals surface area contributed by atoms with Crippen LogP contribution in [-0.4, -0.2) is 23.9 Å². The van der Waals surface area contributed by atoms with Crippen LogP contribution in [0.1, 0.15) is 25.7 Å². The molecule has 2 N–H and O–H groups in total. The number of anilines is 1. The fraction of sp³-hybridized carbons (Fsp3) is 0.500. The van der Waals surface area contributed by atoms with Crippen LogP contribution < -0.4 is 10.6 Å². The van der Waals surface area contributed by atoms with Gasteiger partial charge in [-0.2, -0.15) is 0 Å². The molecule has 1 aromatic rings. The van der Waals surface area contributed by atoms with E-state index in [1.807, 2.05) is 0 Å². The number of benzene rings is 1. The van der Waals surface area contributed by atoms with Gasteiger partial charge in [0.2, 0.25) is 5.91 Å². The quantitative estimate of drug-likeness (QED) is 0.646. The summed E-state index contributed by atoms with van der Waals surface area (Å²) in [5.74, 6) is 0.358. The third kappa shape index (κ3) is 4.68. The molecule has 114 valence electrons. The van der Waals surface area contributed by atoms with Crippen molar-refractivity contribution in [2.75, 3.05) is 18.4 Å². The van der Waals surface area contributed by atoms with E-state index in [9.17, 15) is 14.9 Å².